The molecule has 0 aliphatic carbocycles. The molecule has 4 heterocycles. The molecule has 59 heavy (non-hydrogen) atoms. The number of nitrogens with zero attached hydrogens (tertiary/aromatic N) is 5. The van der Waals surface area contributed by atoms with E-state index in [1.807, 2.05) is 79.7 Å². The summed E-state index contributed by atoms with van der Waals surface area (Å²) >= 11 is 0. The number of aromatic nitrogens is 3. The number of fused-ring (bicyclic) bond motifs is 4. The number of benzene rings is 4. The zero-order valence-corrected chi connectivity index (χ0v) is 34.6. The monoisotopic (exact) mass is 817 g/mol. The van der Waals surface area contributed by atoms with Crippen LogP contribution in [0.4, 0.5) is 21.2 Å². The maximum atomic E-state index is 16.8. The van der Waals surface area contributed by atoms with E-state index in [0.717, 1.165) is 5.56 Å². The minimum Gasteiger partial charge on any atom is -0.469 e. The maximum Gasteiger partial charge on any atom is 0.305 e. The highest BCUT2D eigenvalue weighted by molar-refractivity contribution is 6.72. The van der Waals surface area contributed by atoms with Gasteiger partial charge in [-0.25, -0.2) is 0 Å². The number of hydrogen-bond donors (Lipinski definition) is 1. The Morgan fingerprint density at radius 2 is 1.68 bits per heavy atom. The molecule has 1 aromatic heterocycles. The highest BCUT2D eigenvalue weighted by Crippen LogP contribution is 2.61. The third-order valence-electron chi connectivity index (χ3n) is 12.0. The predicted octanol–water partition coefficient (Wildman–Crippen LogP) is 8.04. The number of aliphatic hydroxyl groups excluding tert-OH is 1. The highest BCUT2D eigenvalue weighted by Gasteiger charge is 2.66. The second-order valence-corrected chi connectivity index (χ2v) is 19.8. The average Bonchev–Trinajstić information content (AvgIpc) is 3.86. The topological polar surface area (TPSA) is 136 Å². The lowest BCUT2D eigenvalue weighted by atomic mass is 9.82. The van der Waals surface area contributed by atoms with Gasteiger partial charge in [-0.2, -0.15) is 0 Å². The lowest BCUT2D eigenvalue weighted by molar-refractivity contribution is -0.146. The van der Waals surface area contributed by atoms with Crippen LogP contribution in [-0.4, -0.2) is 72.7 Å². The summed E-state index contributed by atoms with van der Waals surface area (Å²) < 4.78 is 36.7. The van der Waals surface area contributed by atoms with Gasteiger partial charge >= 0.3 is 5.97 Å². The van der Waals surface area contributed by atoms with Crippen molar-refractivity contribution in [1.29, 1.82) is 0 Å². The largest absolute Gasteiger partial charge is 0.469 e. The van der Waals surface area contributed by atoms with Crippen LogP contribution in [0, 0.1) is 5.92 Å². The molecule has 1 unspecified atom stereocenters. The fourth-order valence-corrected chi connectivity index (χ4v) is 11.8. The molecule has 4 aromatic carbocycles. The van der Waals surface area contributed by atoms with Crippen LogP contribution in [0.1, 0.15) is 65.7 Å². The second kappa shape index (κ2) is 16.2. The van der Waals surface area contributed by atoms with Crippen LogP contribution in [0.25, 0.3) is 0 Å². The van der Waals surface area contributed by atoms with Crippen molar-refractivity contribution in [3.63, 3.8) is 0 Å². The first-order valence-corrected chi connectivity index (χ1v) is 23.1. The first kappa shape index (κ1) is 40.1. The Labute approximate surface area is 343 Å². The van der Waals surface area contributed by atoms with E-state index in [-0.39, 0.29) is 36.7 Å². The number of aliphatic hydroxyl groups is 1. The Balaban J connectivity index is 1.17. The lowest BCUT2D eigenvalue weighted by Crippen LogP contribution is -2.45. The van der Waals surface area contributed by atoms with Gasteiger partial charge in [-0.3, -0.25) is 24.0 Å². The summed E-state index contributed by atoms with van der Waals surface area (Å²) in [7, 11) is -2.17. The van der Waals surface area contributed by atoms with E-state index in [1.54, 1.807) is 58.0 Å². The number of ether oxygens (including phenoxy) is 3. The number of halogens is 1. The molecule has 1 saturated heterocycles. The molecule has 0 radical (unpaired) electrons. The normalized spacial score (nSPS) is 21.5. The van der Waals surface area contributed by atoms with Gasteiger partial charge in [-0.15, -0.1) is 5.10 Å². The van der Waals surface area contributed by atoms with Crippen LogP contribution in [-0.2, 0) is 31.2 Å². The third-order valence-corrected chi connectivity index (χ3v) is 14.5. The van der Waals surface area contributed by atoms with Gasteiger partial charge in [0.15, 0.2) is 11.4 Å². The third kappa shape index (κ3) is 7.23. The summed E-state index contributed by atoms with van der Waals surface area (Å²) in [5, 5.41) is 19.0. The van der Waals surface area contributed by atoms with Crippen LogP contribution in [0.15, 0.2) is 103 Å². The molecule has 3 aliphatic rings. The fraction of sp³-hybridized carbons (Fsp3) is 0.356. The van der Waals surface area contributed by atoms with Crippen molar-refractivity contribution in [2.45, 2.75) is 75.4 Å². The van der Waals surface area contributed by atoms with E-state index in [0.29, 0.717) is 77.7 Å². The summed E-state index contributed by atoms with van der Waals surface area (Å²) in [5.74, 6) is -0.950. The van der Waals surface area contributed by atoms with Gasteiger partial charge in [0, 0.05) is 48.4 Å². The predicted molar refractivity (Wildman–Crippen MR) is 222 cm³/mol. The minimum absolute atomic E-state index is 0.144. The van der Waals surface area contributed by atoms with Crippen LogP contribution in [0.2, 0.25) is 18.6 Å². The van der Waals surface area contributed by atoms with Gasteiger partial charge in [-0.05, 0) is 80.4 Å². The number of hydrogen-bond acceptors (Lipinski definition) is 9. The highest BCUT2D eigenvalue weighted by atomic mass is 28.4. The Kier molecular flexibility index (Phi) is 11.0. The van der Waals surface area contributed by atoms with Crippen LogP contribution in [0.3, 0.4) is 0 Å². The number of carbonyl (C=O) groups excluding carboxylic acids is 3. The first-order chi connectivity index (χ1) is 28.5. The van der Waals surface area contributed by atoms with Crippen LogP contribution < -0.4 is 14.5 Å². The van der Waals surface area contributed by atoms with Crippen molar-refractivity contribution in [2.24, 2.45) is 5.92 Å². The Morgan fingerprint density at radius 1 is 0.949 bits per heavy atom. The Bertz CT molecular complexity index is 2370. The van der Waals surface area contributed by atoms with E-state index in [1.165, 1.54) is 7.11 Å². The van der Waals surface area contributed by atoms with Crippen molar-refractivity contribution in [2.75, 3.05) is 30.1 Å². The molecule has 5 atom stereocenters. The first-order valence-electron chi connectivity index (χ1n) is 20.1. The number of aryl methyl sites for hydroxylation is 1. The summed E-state index contributed by atoms with van der Waals surface area (Å²) in [6.45, 7) is 5.72. The standard InChI is InChI=1S/C45H48FN5O7Si/c1-29-42(59(3,4)46)40(23-25-49-27-35(47-48-49)33(28-52)30-14-6-5-7-15-30)58-45(29)34-26-31(21-22-36(34)50(44(45)55)24-13-12-20-41(53)56-2)51-37-17-9-11-19-39(37)57-38-18-10-8-16-32(38)43(51)54/h5-11,14-19,21-22,26-27,29,33,40,42,52H,12-13,20,23-25,28H2,1-4H3/t29-,33?,40+,42-,45+/m1/s1. The van der Waals surface area contributed by atoms with Gasteiger partial charge < -0.3 is 28.3 Å². The van der Waals surface area contributed by atoms with Crippen molar-refractivity contribution in [3.8, 4) is 11.5 Å². The van der Waals surface area contributed by atoms with E-state index < -0.39 is 31.6 Å². The molecule has 12 nitrogen and oxygen atoms in total. The van der Waals surface area contributed by atoms with Crippen molar-refractivity contribution >= 4 is 43.3 Å². The summed E-state index contributed by atoms with van der Waals surface area (Å²) in [6.07, 6.45) is 2.72. The summed E-state index contributed by atoms with van der Waals surface area (Å²) in [6, 6.07) is 29.5. The van der Waals surface area contributed by atoms with E-state index >= 15 is 8.90 Å². The number of carbonyl (C=O) groups is 3. The number of methoxy groups -OCH3 is 1. The molecule has 5 aromatic rings. The molecule has 14 heteroatoms. The van der Waals surface area contributed by atoms with Crippen LogP contribution >= 0.6 is 0 Å². The molecule has 3 aliphatic heterocycles. The smallest absolute Gasteiger partial charge is 0.305 e. The quantitative estimate of drug-likeness (QED) is 0.0542. The SMILES string of the molecule is COC(=O)CCCCN1C(=O)[C@@]2(O[C@@H](CCn3cc(C(CO)c4ccccc4)nn3)[C@H]([Si](C)(C)F)[C@H]2C)c2cc(N3C(=O)c4ccccc4Oc4ccccc43)ccc21. The summed E-state index contributed by atoms with van der Waals surface area (Å²) in [5.41, 5.74) is 1.97. The number of anilines is 3. The minimum atomic E-state index is -3.52. The number of rotatable bonds is 13. The fourth-order valence-electron chi connectivity index (χ4n) is 9.27. The second-order valence-electron chi connectivity index (χ2n) is 16.0. The molecule has 1 fully saturated rings. The number of amides is 2. The number of esters is 1. The Hall–Kier alpha value is -5.70. The van der Waals surface area contributed by atoms with Gasteiger partial charge in [0.05, 0.1) is 48.4 Å². The molecule has 1 spiro atoms. The number of unbranched alkanes of at least 4 members (excludes halogenated alkanes) is 1. The molecular weight excluding hydrogens is 770 g/mol. The lowest BCUT2D eigenvalue weighted by Gasteiger charge is -2.31. The van der Waals surface area contributed by atoms with E-state index in [2.05, 4.69) is 10.3 Å². The molecule has 8 rings (SSSR count). The molecule has 0 bridgehead atoms. The van der Waals surface area contributed by atoms with Gasteiger partial charge in [-0.1, -0.05) is 66.7 Å². The molecule has 306 valence electrons. The average molecular weight is 818 g/mol. The van der Waals surface area contributed by atoms with Crippen LogP contribution in [0.5, 0.6) is 11.5 Å². The van der Waals surface area contributed by atoms with Crippen molar-refractivity contribution < 1.29 is 37.8 Å². The Morgan fingerprint density at radius 3 is 2.42 bits per heavy atom. The van der Waals surface area contributed by atoms with Gasteiger partial charge in [0.2, 0.25) is 8.41 Å². The van der Waals surface area contributed by atoms with E-state index in [9.17, 15) is 14.7 Å². The zero-order valence-electron chi connectivity index (χ0n) is 33.6. The zero-order chi connectivity index (χ0) is 41.5. The van der Waals surface area contributed by atoms with Gasteiger partial charge in [0.25, 0.3) is 11.8 Å². The van der Waals surface area contributed by atoms with Crippen molar-refractivity contribution in [3.05, 3.63) is 126 Å². The maximum absolute atomic E-state index is 16.8. The summed E-state index contributed by atoms with van der Waals surface area (Å²) in [4.78, 5) is 44.9. The molecule has 0 saturated carbocycles. The van der Waals surface area contributed by atoms with Gasteiger partial charge in [0.1, 0.15) is 5.75 Å². The molecular formula is C45H48FN5O7Si. The number of para-hydroxylation sites is 3. The van der Waals surface area contributed by atoms with E-state index in [4.69, 9.17) is 14.2 Å². The van der Waals surface area contributed by atoms with Crippen molar-refractivity contribution in [1.82, 2.24) is 15.0 Å². The molecule has 1 N–H and O–H groups in total. The molecule has 2 amide bonds.